The number of halogens is 2. The lowest BCUT2D eigenvalue weighted by molar-refractivity contribution is -0.127. The van der Waals surface area contributed by atoms with Gasteiger partial charge in [0.1, 0.15) is 11.5 Å². The van der Waals surface area contributed by atoms with Crippen LogP contribution >= 0.6 is 23.2 Å². The van der Waals surface area contributed by atoms with E-state index in [0.717, 1.165) is 12.2 Å². The Hall–Kier alpha value is -1.91. The molecule has 1 N–H and O–H groups in total. The standard InChI is InChI=1S/C19H19Cl2NO3/c1-12(25-18-7-6-15(20)9-16(18)21)19(23)22-10-13-8-14-4-2-3-5-17(14)24-11-13/h2-7,9,12-13H,8,10-11H2,1H3,(H,22,23). The average molecular weight is 380 g/mol. The normalized spacial score (nSPS) is 17.2. The van der Waals surface area contributed by atoms with Crippen LogP contribution in [0.5, 0.6) is 11.5 Å². The summed E-state index contributed by atoms with van der Waals surface area (Å²) in [7, 11) is 0. The van der Waals surface area contributed by atoms with Crippen LogP contribution in [0.2, 0.25) is 10.0 Å². The van der Waals surface area contributed by atoms with E-state index in [1.807, 2.05) is 18.2 Å². The summed E-state index contributed by atoms with van der Waals surface area (Å²) in [4.78, 5) is 12.3. The lowest BCUT2D eigenvalue weighted by atomic mass is 9.97. The molecular weight excluding hydrogens is 361 g/mol. The van der Waals surface area contributed by atoms with Crippen molar-refractivity contribution in [2.75, 3.05) is 13.2 Å². The van der Waals surface area contributed by atoms with E-state index in [-0.39, 0.29) is 11.8 Å². The predicted octanol–water partition coefficient (Wildman–Crippen LogP) is 4.13. The van der Waals surface area contributed by atoms with Gasteiger partial charge in [-0.1, -0.05) is 41.4 Å². The second kappa shape index (κ2) is 7.98. The number of ether oxygens (including phenoxy) is 2. The molecule has 3 rings (SSSR count). The number of hydrogen-bond donors (Lipinski definition) is 1. The van der Waals surface area contributed by atoms with Gasteiger partial charge in [0, 0.05) is 17.5 Å². The monoisotopic (exact) mass is 379 g/mol. The molecule has 0 aromatic heterocycles. The third kappa shape index (κ3) is 4.59. The first-order chi connectivity index (χ1) is 12.0. The molecule has 4 nitrogen and oxygen atoms in total. The third-order valence-electron chi connectivity index (χ3n) is 4.09. The first-order valence-corrected chi connectivity index (χ1v) is 8.88. The highest BCUT2D eigenvalue weighted by atomic mass is 35.5. The number of carbonyl (C=O) groups excluding carboxylic acids is 1. The lowest BCUT2D eigenvalue weighted by Gasteiger charge is -2.26. The van der Waals surface area contributed by atoms with Crippen LogP contribution in [0, 0.1) is 5.92 Å². The van der Waals surface area contributed by atoms with Gasteiger partial charge in [0.25, 0.3) is 5.91 Å². The maximum Gasteiger partial charge on any atom is 0.260 e. The second-order valence-corrected chi connectivity index (χ2v) is 6.91. The number of carbonyl (C=O) groups is 1. The van der Waals surface area contributed by atoms with E-state index in [0.29, 0.717) is 28.9 Å². The molecule has 0 bridgehead atoms. The summed E-state index contributed by atoms with van der Waals surface area (Å²) in [5.74, 6) is 1.41. The number of rotatable bonds is 5. The topological polar surface area (TPSA) is 47.6 Å². The van der Waals surface area contributed by atoms with E-state index >= 15 is 0 Å². The van der Waals surface area contributed by atoms with Crippen LogP contribution < -0.4 is 14.8 Å². The van der Waals surface area contributed by atoms with Gasteiger partial charge in [-0.25, -0.2) is 0 Å². The summed E-state index contributed by atoms with van der Waals surface area (Å²) in [6.45, 7) is 2.82. The van der Waals surface area contributed by atoms with Crippen molar-refractivity contribution in [2.45, 2.75) is 19.4 Å². The van der Waals surface area contributed by atoms with Gasteiger partial charge in [-0.2, -0.15) is 0 Å². The minimum absolute atomic E-state index is 0.190. The minimum atomic E-state index is -0.657. The molecule has 2 aromatic rings. The number of amides is 1. The van der Waals surface area contributed by atoms with Crippen molar-refractivity contribution in [3.8, 4) is 11.5 Å². The molecule has 132 valence electrons. The average Bonchev–Trinajstić information content (AvgIpc) is 2.61. The fourth-order valence-corrected chi connectivity index (χ4v) is 3.18. The molecule has 1 amide bonds. The maximum atomic E-state index is 12.3. The van der Waals surface area contributed by atoms with Crippen LogP contribution in [0.3, 0.4) is 0 Å². The highest BCUT2D eigenvalue weighted by molar-refractivity contribution is 6.35. The molecule has 1 aliphatic rings. The maximum absolute atomic E-state index is 12.3. The van der Waals surface area contributed by atoms with Crippen molar-refractivity contribution in [1.82, 2.24) is 5.32 Å². The molecular formula is C19H19Cl2NO3. The molecule has 1 aliphatic heterocycles. The Kier molecular flexibility index (Phi) is 5.71. The number of nitrogens with one attached hydrogen (secondary N) is 1. The Bertz CT molecular complexity index is 766. The fraction of sp³-hybridized carbons (Fsp3) is 0.316. The number of para-hydroxylation sites is 1. The number of fused-ring (bicyclic) bond motifs is 1. The summed E-state index contributed by atoms with van der Waals surface area (Å²) in [6.07, 6.45) is 0.227. The Balaban J connectivity index is 1.51. The Morgan fingerprint density at radius 1 is 1.32 bits per heavy atom. The summed E-state index contributed by atoms with van der Waals surface area (Å²) >= 11 is 11.9. The van der Waals surface area contributed by atoms with Gasteiger partial charge >= 0.3 is 0 Å². The molecule has 0 saturated carbocycles. The quantitative estimate of drug-likeness (QED) is 0.849. The van der Waals surface area contributed by atoms with Gasteiger partial charge in [-0.05, 0) is 43.2 Å². The molecule has 0 aliphatic carbocycles. The van der Waals surface area contributed by atoms with Crippen LogP contribution in [-0.4, -0.2) is 25.2 Å². The lowest BCUT2D eigenvalue weighted by Crippen LogP contribution is -2.41. The van der Waals surface area contributed by atoms with Crippen LogP contribution in [0.1, 0.15) is 12.5 Å². The fourth-order valence-electron chi connectivity index (χ4n) is 2.73. The predicted molar refractivity (Wildman–Crippen MR) is 98.7 cm³/mol. The molecule has 25 heavy (non-hydrogen) atoms. The molecule has 1 heterocycles. The van der Waals surface area contributed by atoms with Gasteiger partial charge in [-0.15, -0.1) is 0 Å². The van der Waals surface area contributed by atoms with Crippen LogP contribution in [0.15, 0.2) is 42.5 Å². The Morgan fingerprint density at radius 2 is 2.12 bits per heavy atom. The van der Waals surface area contributed by atoms with E-state index in [1.165, 1.54) is 5.56 Å². The van der Waals surface area contributed by atoms with Crippen LogP contribution in [0.25, 0.3) is 0 Å². The van der Waals surface area contributed by atoms with Crippen LogP contribution in [0.4, 0.5) is 0 Å². The molecule has 2 aromatic carbocycles. The van der Waals surface area contributed by atoms with Crippen molar-refractivity contribution in [1.29, 1.82) is 0 Å². The molecule has 0 saturated heterocycles. The smallest absolute Gasteiger partial charge is 0.260 e. The van der Waals surface area contributed by atoms with Gasteiger partial charge in [0.05, 0.1) is 11.6 Å². The molecule has 0 radical (unpaired) electrons. The Morgan fingerprint density at radius 3 is 2.92 bits per heavy atom. The van der Waals surface area contributed by atoms with Gasteiger partial charge < -0.3 is 14.8 Å². The first kappa shape index (κ1) is 17.9. The zero-order valence-corrected chi connectivity index (χ0v) is 15.3. The Labute approximate surface area is 157 Å². The van der Waals surface area contributed by atoms with E-state index in [9.17, 15) is 4.79 Å². The summed E-state index contributed by atoms with van der Waals surface area (Å²) in [6, 6.07) is 12.9. The second-order valence-electron chi connectivity index (χ2n) is 6.07. The van der Waals surface area contributed by atoms with Crippen molar-refractivity contribution in [3.05, 3.63) is 58.1 Å². The summed E-state index contributed by atoms with van der Waals surface area (Å²) in [5.41, 5.74) is 1.17. The zero-order valence-electron chi connectivity index (χ0n) is 13.8. The molecule has 2 unspecified atom stereocenters. The van der Waals surface area contributed by atoms with Gasteiger partial charge in [-0.3, -0.25) is 4.79 Å². The van der Waals surface area contributed by atoms with Crippen molar-refractivity contribution < 1.29 is 14.3 Å². The van der Waals surface area contributed by atoms with Gasteiger partial charge in [0.15, 0.2) is 6.10 Å². The van der Waals surface area contributed by atoms with E-state index < -0.39 is 6.10 Å². The van der Waals surface area contributed by atoms with E-state index in [1.54, 1.807) is 25.1 Å². The zero-order chi connectivity index (χ0) is 17.8. The molecule has 6 heteroatoms. The molecule has 0 fully saturated rings. The highest BCUT2D eigenvalue weighted by Gasteiger charge is 2.22. The largest absolute Gasteiger partial charge is 0.493 e. The highest BCUT2D eigenvalue weighted by Crippen LogP contribution is 2.28. The minimum Gasteiger partial charge on any atom is -0.493 e. The van der Waals surface area contributed by atoms with Crippen molar-refractivity contribution >= 4 is 29.1 Å². The van der Waals surface area contributed by atoms with E-state index in [2.05, 4.69) is 11.4 Å². The van der Waals surface area contributed by atoms with Crippen molar-refractivity contribution in [3.63, 3.8) is 0 Å². The summed E-state index contributed by atoms with van der Waals surface area (Å²) < 4.78 is 11.4. The SMILES string of the molecule is CC(Oc1ccc(Cl)cc1Cl)C(=O)NCC1COc2ccccc2C1. The summed E-state index contributed by atoms with van der Waals surface area (Å²) in [5, 5.41) is 3.82. The van der Waals surface area contributed by atoms with Gasteiger partial charge in [0.2, 0.25) is 0 Å². The molecule has 0 spiro atoms. The number of hydrogen-bond acceptors (Lipinski definition) is 3. The van der Waals surface area contributed by atoms with Crippen LogP contribution in [-0.2, 0) is 11.2 Å². The first-order valence-electron chi connectivity index (χ1n) is 8.13. The number of benzene rings is 2. The van der Waals surface area contributed by atoms with Crippen molar-refractivity contribution in [2.24, 2.45) is 5.92 Å². The van der Waals surface area contributed by atoms with E-state index in [4.69, 9.17) is 32.7 Å². The molecule has 2 atom stereocenters. The third-order valence-corrected chi connectivity index (χ3v) is 4.62.